The van der Waals surface area contributed by atoms with Gasteiger partial charge >= 0.3 is 0 Å². The Labute approximate surface area is 190 Å². The maximum atomic E-state index is 13.7. The van der Waals surface area contributed by atoms with E-state index in [1.165, 1.54) is 12.1 Å². The van der Waals surface area contributed by atoms with E-state index < -0.39 is 45.6 Å². The number of hydrogen-bond donors (Lipinski definition) is 0. The third-order valence-corrected chi connectivity index (χ3v) is 7.56. The van der Waals surface area contributed by atoms with Crippen molar-refractivity contribution >= 4 is 27.5 Å². The van der Waals surface area contributed by atoms with Gasteiger partial charge < -0.3 is 0 Å². The minimum atomic E-state index is -4.31. The average molecular weight is 470 g/mol. The zero-order chi connectivity index (χ0) is 23.8. The van der Waals surface area contributed by atoms with E-state index in [4.69, 9.17) is 0 Å². The molecule has 33 heavy (non-hydrogen) atoms. The maximum absolute atomic E-state index is 13.7. The molecule has 1 saturated heterocycles. The quantitative estimate of drug-likeness (QED) is 0.510. The summed E-state index contributed by atoms with van der Waals surface area (Å²) in [6.07, 6.45) is -0.381. The molecule has 170 valence electrons. The first-order valence-corrected chi connectivity index (χ1v) is 11.6. The predicted molar refractivity (Wildman–Crippen MR) is 118 cm³/mol. The molecule has 0 radical (unpaired) electrons. The van der Waals surface area contributed by atoms with Crippen molar-refractivity contribution in [3.63, 3.8) is 0 Å². The largest absolute Gasteiger partial charge is 0.274 e. The summed E-state index contributed by atoms with van der Waals surface area (Å²) in [4.78, 5) is 26.8. The second-order valence-electron chi connectivity index (χ2n) is 7.64. The molecule has 3 aromatic rings. The SMILES string of the molecule is CC(c1ccccc1)N(C1CC(=O)N(c2ccc(F)cc2)C1=O)S(=O)(=O)c1ccc(F)cc1. The minimum absolute atomic E-state index is 0.153. The summed E-state index contributed by atoms with van der Waals surface area (Å²) in [6.45, 7) is 1.62. The lowest BCUT2D eigenvalue weighted by Gasteiger charge is -2.32. The van der Waals surface area contributed by atoms with Crippen LogP contribution >= 0.6 is 0 Å². The van der Waals surface area contributed by atoms with Gasteiger partial charge in [-0.3, -0.25) is 9.59 Å². The number of anilines is 1. The van der Waals surface area contributed by atoms with Crippen LogP contribution in [-0.2, 0) is 19.6 Å². The molecule has 0 aromatic heterocycles. The number of halogens is 2. The van der Waals surface area contributed by atoms with E-state index in [1.54, 1.807) is 37.3 Å². The third-order valence-electron chi connectivity index (χ3n) is 5.57. The van der Waals surface area contributed by atoms with E-state index in [0.29, 0.717) is 5.56 Å². The highest BCUT2D eigenvalue weighted by Crippen LogP contribution is 2.35. The van der Waals surface area contributed by atoms with Crippen molar-refractivity contribution in [3.8, 4) is 0 Å². The van der Waals surface area contributed by atoms with Crippen LogP contribution in [-0.4, -0.2) is 30.6 Å². The molecule has 1 heterocycles. The summed E-state index contributed by atoms with van der Waals surface area (Å²) in [6, 6.07) is 15.6. The van der Waals surface area contributed by atoms with Gasteiger partial charge in [0.25, 0.3) is 5.91 Å². The molecule has 0 aliphatic carbocycles. The lowest BCUT2D eigenvalue weighted by atomic mass is 10.1. The van der Waals surface area contributed by atoms with Crippen LogP contribution in [0.25, 0.3) is 0 Å². The molecule has 1 aliphatic rings. The number of amides is 2. The van der Waals surface area contributed by atoms with Crippen LogP contribution in [0.2, 0.25) is 0 Å². The number of nitrogens with zero attached hydrogens (tertiary/aromatic N) is 2. The second-order valence-corrected chi connectivity index (χ2v) is 9.48. The molecule has 0 bridgehead atoms. The predicted octanol–water partition coefficient (Wildman–Crippen LogP) is 4.05. The molecule has 1 aliphatic heterocycles. The van der Waals surface area contributed by atoms with E-state index >= 15 is 0 Å². The number of carbonyl (C=O) groups is 2. The number of carbonyl (C=O) groups excluding carboxylic acids is 2. The lowest BCUT2D eigenvalue weighted by molar-refractivity contribution is -0.122. The van der Waals surface area contributed by atoms with Gasteiger partial charge in [0.1, 0.15) is 17.7 Å². The van der Waals surface area contributed by atoms with Gasteiger partial charge in [0, 0.05) is 6.04 Å². The van der Waals surface area contributed by atoms with Gasteiger partial charge in [0.15, 0.2) is 0 Å². The summed E-state index contributed by atoms with van der Waals surface area (Å²) >= 11 is 0. The summed E-state index contributed by atoms with van der Waals surface area (Å²) in [5, 5.41) is 0. The van der Waals surface area contributed by atoms with E-state index in [1.807, 2.05) is 0 Å². The molecule has 0 saturated carbocycles. The fourth-order valence-corrected chi connectivity index (χ4v) is 5.69. The van der Waals surface area contributed by atoms with Crippen molar-refractivity contribution in [1.29, 1.82) is 0 Å². The molecule has 6 nitrogen and oxygen atoms in total. The monoisotopic (exact) mass is 470 g/mol. The topological polar surface area (TPSA) is 74.8 Å². The van der Waals surface area contributed by atoms with Crippen LogP contribution in [0.3, 0.4) is 0 Å². The van der Waals surface area contributed by atoms with Gasteiger partial charge in [-0.15, -0.1) is 0 Å². The molecule has 0 N–H and O–H groups in total. The number of sulfonamides is 1. The van der Waals surface area contributed by atoms with Crippen LogP contribution in [0.4, 0.5) is 14.5 Å². The summed E-state index contributed by atoms with van der Waals surface area (Å²) < 4.78 is 55.1. The zero-order valence-corrected chi connectivity index (χ0v) is 18.4. The molecule has 2 unspecified atom stereocenters. The van der Waals surface area contributed by atoms with Crippen LogP contribution in [0.5, 0.6) is 0 Å². The highest BCUT2D eigenvalue weighted by molar-refractivity contribution is 7.89. The molecule has 0 spiro atoms. The highest BCUT2D eigenvalue weighted by Gasteiger charge is 2.48. The maximum Gasteiger partial charge on any atom is 0.252 e. The van der Waals surface area contributed by atoms with Crippen LogP contribution in [0, 0.1) is 11.6 Å². The van der Waals surface area contributed by atoms with Crippen molar-refractivity contribution in [2.24, 2.45) is 0 Å². The van der Waals surface area contributed by atoms with E-state index in [2.05, 4.69) is 0 Å². The van der Waals surface area contributed by atoms with Gasteiger partial charge in [0.05, 0.1) is 17.0 Å². The van der Waals surface area contributed by atoms with Gasteiger partial charge in [0.2, 0.25) is 15.9 Å². The van der Waals surface area contributed by atoms with Crippen LogP contribution in [0.15, 0.2) is 83.8 Å². The molecule has 3 aromatic carbocycles. The van der Waals surface area contributed by atoms with Crippen molar-refractivity contribution in [2.75, 3.05) is 4.90 Å². The van der Waals surface area contributed by atoms with Gasteiger partial charge in [-0.05, 0) is 61.0 Å². The van der Waals surface area contributed by atoms with E-state index in [-0.39, 0.29) is 17.0 Å². The number of benzene rings is 3. The van der Waals surface area contributed by atoms with Gasteiger partial charge in [-0.25, -0.2) is 22.1 Å². The molecule has 2 atom stereocenters. The zero-order valence-electron chi connectivity index (χ0n) is 17.6. The molecule has 4 rings (SSSR count). The lowest BCUT2D eigenvalue weighted by Crippen LogP contribution is -2.46. The normalized spacial score (nSPS) is 17.6. The van der Waals surface area contributed by atoms with Crippen molar-refractivity contribution in [1.82, 2.24) is 4.31 Å². The Balaban J connectivity index is 1.79. The summed E-state index contributed by atoms with van der Waals surface area (Å²) in [5.41, 5.74) is 0.768. The number of rotatable bonds is 6. The third kappa shape index (κ3) is 4.29. The molecular weight excluding hydrogens is 450 g/mol. The fourth-order valence-electron chi connectivity index (χ4n) is 3.93. The minimum Gasteiger partial charge on any atom is -0.274 e. The Morgan fingerprint density at radius 1 is 0.879 bits per heavy atom. The first-order chi connectivity index (χ1) is 15.7. The molecular formula is C24H20F2N2O4S. The van der Waals surface area contributed by atoms with Gasteiger partial charge in [-0.1, -0.05) is 30.3 Å². The van der Waals surface area contributed by atoms with Crippen molar-refractivity contribution in [2.45, 2.75) is 30.3 Å². The number of imide groups is 1. The van der Waals surface area contributed by atoms with Crippen molar-refractivity contribution < 1.29 is 26.8 Å². The smallest absolute Gasteiger partial charge is 0.252 e. The van der Waals surface area contributed by atoms with E-state index in [0.717, 1.165) is 45.6 Å². The molecule has 9 heteroatoms. The van der Waals surface area contributed by atoms with Crippen LogP contribution < -0.4 is 4.90 Å². The van der Waals surface area contributed by atoms with Crippen molar-refractivity contribution in [3.05, 3.63) is 96.1 Å². The van der Waals surface area contributed by atoms with Gasteiger partial charge in [-0.2, -0.15) is 4.31 Å². The summed E-state index contributed by atoms with van der Waals surface area (Å²) in [5.74, 6) is -2.48. The first-order valence-electron chi connectivity index (χ1n) is 10.2. The average Bonchev–Trinajstić information content (AvgIpc) is 3.08. The first kappa shape index (κ1) is 22.8. The Hall–Kier alpha value is -3.43. The second kappa shape index (κ2) is 8.84. The Morgan fingerprint density at radius 2 is 1.42 bits per heavy atom. The molecule has 1 fully saturated rings. The number of hydrogen-bond acceptors (Lipinski definition) is 4. The Morgan fingerprint density at radius 3 is 2.00 bits per heavy atom. The van der Waals surface area contributed by atoms with E-state index in [9.17, 15) is 26.8 Å². The Bertz CT molecular complexity index is 1280. The fraction of sp³-hybridized carbons (Fsp3) is 0.167. The Kier molecular flexibility index (Phi) is 6.09. The standard InChI is InChI=1S/C24H20F2N2O4S/c1-16(17-5-3-2-4-6-17)28(33(31,32)21-13-9-19(26)10-14-21)22-15-23(29)27(24(22)30)20-11-7-18(25)8-12-20/h2-14,16,22H,15H2,1H3. The summed E-state index contributed by atoms with van der Waals surface area (Å²) in [7, 11) is -4.31. The molecule has 2 amide bonds. The highest BCUT2D eigenvalue weighted by atomic mass is 32.2. The van der Waals surface area contributed by atoms with Crippen LogP contribution in [0.1, 0.15) is 24.9 Å².